The Hall–Kier alpha value is -1.01. The van der Waals surface area contributed by atoms with Crippen molar-refractivity contribution in [2.45, 2.75) is 32.0 Å². The smallest absolute Gasteiger partial charge is 0.354 e. The molecule has 1 aliphatic rings. The van der Waals surface area contributed by atoms with E-state index in [0.29, 0.717) is 24.9 Å². The first-order valence-corrected chi connectivity index (χ1v) is 7.00. The highest BCUT2D eigenvalue weighted by molar-refractivity contribution is 6.33. The number of rotatable bonds is 4. The molecule has 0 bridgehead atoms. The van der Waals surface area contributed by atoms with Crippen molar-refractivity contribution in [3.8, 4) is 0 Å². The number of pyridine rings is 1. The number of anilines is 1. The Kier molecular flexibility index (Phi) is 4.75. The molecule has 3 nitrogen and oxygen atoms in total. The van der Waals surface area contributed by atoms with Gasteiger partial charge in [-0.25, -0.2) is 4.98 Å². The van der Waals surface area contributed by atoms with Gasteiger partial charge >= 0.3 is 6.18 Å². The van der Waals surface area contributed by atoms with Crippen molar-refractivity contribution in [2.24, 2.45) is 0 Å². The lowest BCUT2D eigenvalue weighted by Gasteiger charge is -2.26. The van der Waals surface area contributed by atoms with Crippen LogP contribution < -0.4 is 10.2 Å². The van der Waals surface area contributed by atoms with Crippen LogP contribution in [0.4, 0.5) is 19.0 Å². The molecule has 1 aromatic heterocycles. The molecule has 1 unspecified atom stereocenters. The van der Waals surface area contributed by atoms with Gasteiger partial charge in [0.15, 0.2) is 0 Å². The average Bonchev–Trinajstić information content (AvgIpc) is 2.88. The van der Waals surface area contributed by atoms with Gasteiger partial charge in [0.05, 0.1) is 10.6 Å². The zero-order valence-electron chi connectivity index (χ0n) is 11.2. The van der Waals surface area contributed by atoms with Gasteiger partial charge in [-0.05, 0) is 32.4 Å². The quantitative estimate of drug-likeness (QED) is 0.925. The SMILES string of the molecule is CCN(CC1CCCN1)c1ncc(C(F)(F)F)cc1Cl. The monoisotopic (exact) mass is 307 g/mol. The van der Waals surface area contributed by atoms with Crippen LogP contribution in [0, 0.1) is 0 Å². The molecular formula is C13H17ClF3N3. The molecule has 1 aromatic rings. The third-order valence-corrected chi connectivity index (χ3v) is 3.71. The van der Waals surface area contributed by atoms with Crippen molar-refractivity contribution in [1.29, 1.82) is 0 Å². The van der Waals surface area contributed by atoms with E-state index in [0.717, 1.165) is 31.6 Å². The predicted molar refractivity (Wildman–Crippen MR) is 73.2 cm³/mol. The number of hydrogen-bond donors (Lipinski definition) is 1. The van der Waals surface area contributed by atoms with Crippen molar-refractivity contribution in [3.05, 3.63) is 22.8 Å². The summed E-state index contributed by atoms with van der Waals surface area (Å²) in [6.07, 6.45) is -1.39. The lowest BCUT2D eigenvalue weighted by Crippen LogP contribution is -2.38. The Bertz CT molecular complexity index is 459. The van der Waals surface area contributed by atoms with E-state index in [1.54, 1.807) is 0 Å². The molecule has 0 spiro atoms. The summed E-state index contributed by atoms with van der Waals surface area (Å²) in [5.74, 6) is 0.413. The molecule has 1 saturated heterocycles. The van der Waals surface area contributed by atoms with Crippen molar-refractivity contribution >= 4 is 17.4 Å². The molecule has 112 valence electrons. The van der Waals surface area contributed by atoms with E-state index in [2.05, 4.69) is 10.3 Å². The van der Waals surface area contributed by atoms with E-state index in [1.807, 2.05) is 11.8 Å². The van der Waals surface area contributed by atoms with Gasteiger partial charge < -0.3 is 10.2 Å². The molecule has 1 atom stereocenters. The predicted octanol–water partition coefficient (Wildman–Crippen LogP) is 3.33. The molecule has 0 saturated carbocycles. The van der Waals surface area contributed by atoms with Gasteiger partial charge in [0.25, 0.3) is 0 Å². The van der Waals surface area contributed by atoms with Crippen molar-refractivity contribution < 1.29 is 13.2 Å². The summed E-state index contributed by atoms with van der Waals surface area (Å²) in [5.41, 5.74) is -0.818. The van der Waals surface area contributed by atoms with Gasteiger partial charge in [0.2, 0.25) is 0 Å². The Balaban J connectivity index is 2.17. The number of aromatic nitrogens is 1. The van der Waals surface area contributed by atoms with Crippen LogP contribution in [-0.4, -0.2) is 30.7 Å². The Morgan fingerprint density at radius 1 is 1.50 bits per heavy atom. The molecular weight excluding hydrogens is 291 g/mol. The molecule has 0 aromatic carbocycles. The van der Waals surface area contributed by atoms with Crippen LogP contribution in [0.15, 0.2) is 12.3 Å². The first-order chi connectivity index (χ1) is 9.41. The minimum absolute atomic E-state index is 0.0414. The van der Waals surface area contributed by atoms with Crippen molar-refractivity contribution in [2.75, 3.05) is 24.5 Å². The number of hydrogen-bond acceptors (Lipinski definition) is 3. The van der Waals surface area contributed by atoms with Gasteiger partial charge in [0, 0.05) is 25.3 Å². The normalized spacial score (nSPS) is 19.4. The fourth-order valence-corrected chi connectivity index (χ4v) is 2.65. The zero-order chi connectivity index (χ0) is 14.8. The molecule has 0 radical (unpaired) electrons. The number of halogens is 4. The molecule has 2 heterocycles. The molecule has 7 heteroatoms. The topological polar surface area (TPSA) is 28.2 Å². The maximum Gasteiger partial charge on any atom is 0.417 e. The van der Waals surface area contributed by atoms with Crippen LogP contribution in [0.5, 0.6) is 0 Å². The van der Waals surface area contributed by atoms with Crippen LogP contribution in [0.25, 0.3) is 0 Å². The second kappa shape index (κ2) is 6.18. The Morgan fingerprint density at radius 3 is 2.75 bits per heavy atom. The van der Waals surface area contributed by atoms with E-state index >= 15 is 0 Å². The lowest BCUT2D eigenvalue weighted by atomic mass is 10.2. The Labute approximate surface area is 121 Å². The highest BCUT2D eigenvalue weighted by Crippen LogP contribution is 2.33. The first kappa shape index (κ1) is 15.4. The Morgan fingerprint density at radius 2 is 2.25 bits per heavy atom. The van der Waals surface area contributed by atoms with Crippen molar-refractivity contribution in [1.82, 2.24) is 10.3 Å². The van der Waals surface area contributed by atoms with Crippen molar-refractivity contribution in [3.63, 3.8) is 0 Å². The number of alkyl halides is 3. The fraction of sp³-hybridized carbons (Fsp3) is 0.615. The van der Waals surface area contributed by atoms with E-state index in [-0.39, 0.29) is 5.02 Å². The largest absolute Gasteiger partial charge is 0.417 e. The summed E-state index contributed by atoms with van der Waals surface area (Å²) in [5, 5.41) is 3.40. The lowest BCUT2D eigenvalue weighted by molar-refractivity contribution is -0.137. The van der Waals surface area contributed by atoms with Gasteiger partial charge in [-0.15, -0.1) is 0 Å². The zero-order valence-corrected chi connectivity index (χ0v) is 11.9. The summed E-state index contributed by atoms with van der Waals surface area (Å²) in [6.45, 7) is 4.27. The molecule has 0 amide bonds. The third kappa shape index (κ3) is 3.55. The summed E-state index contributed by atoms with van der Waals surface area (Å²) in [7, 11) is 0. The van der Waals surface area contributed by atoms with E-state index in [4.69, 9.17) is 11.6 Å². The maximum atomic E-state index is 12.6. The van der Waals surface area contributed by atoms with Crippen LogP contribution in [0.1, 0.15) is 25.3 Å². The van der Waals surface area contributed by atoms with Crippen LogP contribution in [0.2, 0.25) is 5.02 Å². The fourth-order valence-electron chi connectivity index (χ4n) is 2.36. The van der Waals surface area contributed by atoms with Crippen LogP contribution in [0.3, 0.4) is 0 Å². The second-order valence-electron chi connectivity index (χ2n) is 4.86. The minimum Gasteiger partial charge on any atom is -0.354 e. The minimum atomic E-state index is -4.42. The van der Waals surface area contributed by atoms with Gasteiger partial charge in [-0.1, -0.05) is 11.6 Å². The molecule has 0 aliphatic carbocycles. The average molecular weight is 308 g/mol. The highest BCUT2D eigenvalue weighted by Gasteiger charge is 2.32. The maximum absolute atomic E-state index is 12.6. The summed E-state index contributed by atoms with van der Waals surface area (Å²) in [4.78, 5) is 5.81. The number of nitrogens with one attached hydrogen (secondary N) is 1. The van der Waals surface area contributed by atoms with Gasteiger partial charge in [-0.2, -0.15) is 13.2 Å². The number of likely N-dealkylation sites (N-methyl/N-ethyl adjacent to an activating group) is 1. The van der Waals surface area contributed by atoms with Gasteiger partial charge in [-0.3, -0.25) is 0 Å². The van der Waals surface area contributed by atoms with E-state index in [9.17, 15) is 13.2 Å². The highest BCUT2D eigenvalue weighted by atomic mass is 35.5. The summed E-state index contributed by atoms with van der Waals surface area (Å²) in [6, 6.07) is 1.28. The second-order valence-corrected chi connectivity index (χ2v) is 5.27. The van der Waals surface area contributed by atoms with Crippen LogP contribution >= 0.6 is 11.6 Å². The van der Waals surface area contributed by atoms with Gasteiger partial charge in [0.1, 0.15) is 5.82 Å². The molecule has 1 N–H and O–H groups in total. The molecule has 1 aliphatic heterocycles. The van der Waals surface area contributed by atoms with E-state index < -0.39 is 11.7 Å². The molecule has 1 fully saturated rings. The molecule has 20 heavy (non-hydrogen) atoms. The first-order valence-electron chi connectivity index (χ1n) is 6.63. The summed E-state index contributed by atoms with van der Waals surface area (Å²) >= 11 is 5.97. The van der Waals surface area contributed by atoms with E-state index in [1.165, 1.54) is 0 Å². The third-order valence-electron chi connectivity index (χ3n) is 3.43. The number of nitrogens with zero attached hydrogens (tertiary/aromatic N) is 2. The summed E-state index contributed by atoms with van der Waals surface area (Å²) < 4.78 is 37.8. The van der Waals surface area contributed by atoms with Crippen LogP contribution in [-0.2, 0) is 6.18 Å². The molecule has 2 rings (SSSR count). The standard InChI is InChI=1S/C13H17ClF3N3/c1-2-20(8-10-4-3-5-18-10)12-11(14)6-9(7-19-12)13(15,16)17/h6-7,10,18H,2-5,8H2,1H3.